The zero-order valence-corrected chi connectivity index (χ0v) is 19.1. The Bertz CT molecular complexity index is 1300. The fraction of sp³-hybridized carbons (Fsp3) is 0.280. The number of hydrogen-bond donors (Lipinski definition) is 0. The number of carbonyl (C=O) groups excluding carboxylic acids is 1. The normalized spacial score (nSPS) is 14.1. The van der Waals surface area contributed by atoms with Gasteiger partial charge in [0.15, 0.2) is 0 Å². The number of carbonyl (C=O) groups is 1. The fourth-order valence-electron chi connectivity index (χ4n) is 4.11. The maximum Gasteiger partial charge on any atom is 0.318 e. The van der Waals surface area contributed by atoms with Crippen LogP contribution in [-0.4, -0.2) is 57.0 Å². The summed E-state index contributed by atoms with van der Waals surface area (Å²) in [6, 6.07) is 18.1. The molecular weight excluding hydrogens is 454 g/mol. The number of amides is 1. The number of aromatic nitrogens is 4. The van der Waals surface area contributed by atoms with Gasteiger partial charge in [-0.1, -0.05) is 59.7 Å². The average molecular weight is 479 g/mol. The van der Waals surface area contributed by atoms with E-state index in [2.05, 4.69) is 15.3 Å². The van der Waals surface area contributed by atoms with E-state index in [1.807, 2.05) is 41.3 Å². The van der Waals surface area contributed by atoms with Gasteiger partial charge in [-0.3, -0.25) is 9.48 Å². The Hall–Kier alpha value is -4.08. The topological polar surface area (TPSA) is 80.3 Å². The monoisotopic (exact) mass is 478 g/mol. The van der Waals surface area contributed by atoms with Crippen molar-refractivity contribution in [2.24, 2.45) is 0 Å². The molecule has 2 aromatic heterocycles. The summed E-state index contributed by atoms with van der Waals surface area (Å²) in [5.41, 5.74) is 2.99. The zero-order chi connectivity index (χ0) is 24.4. The third kappa shape index (κ3) is 4.91. The van der Waals surface area contributed by atoms with Crippen LogP contribution in [-0.2, 0) is 11.3 Å². The third-order valence-electron chi connectivity index (χ3n) is 6.01. The fourth-order valence-corrected chi connectivity index (χ4v) is 4.11. The maximum atomic E-state index is 13.2. The molecule has 0 aliphatic carbocycles. The molecule has 0 N–H and O–H groups in total. The van der Waals surface area contributed by atoms with E-state index in [4.69, 9.17) is 4.42 Å². The molecule has 0 bridgehead atoms. The first-order chi connectivity index (χ1) is 17.0. The summed E-state index contributed by atoms with van der Waals surface area (Å²) in [5.74, 6) is 0.455. The second kappa shape index (κ2) is 9.65. The Kier molecular flexibility index (Phi) is 6.26. The molecule has 1 saturated heterocycles. The number of nitrogens with zero attached hydrogens (tertiary/aromatic N) is 6. The van der Waals surface area contributed by atoms with Crippen molar-refractivity contribution in [2.45, 2.75) is 19.9 Å². The number of aryl methyl sites for hydroxylation is 1. The van der Waals surface area contributed by atoms with E-state index in [1.54, 1.807) is 28.6 Å². The summed E-state index contributed by atoms with van der Waals surface area (Å²) in [7, 11) is 0. The van der Waals surface area contributed by atoms with Crippen LogP contribution in [0, 0.1) is 6.92 Å². The van der Waals surface area contributed by atoms with Gasteiger partial charge in [-0.05, 0) is 11.6 Å². The highest BCUT2D eigenvalue weighted by atomic mass is 19.3. The SMILES string of the molecule is Cc1nnc(N2CCN(C(=O)Cn3nc(-c4ccc(C(F)F)cc4)cc3-c3ccccc3)CC2)o1. The number of rotatable bonds is 6. The van der Waals surface area contributed by atoms with E-state index < -0.39 is 6.43 Å². The van der Waals surface area contributed by atoms with E-state index in [0.29, 0.717) is 49.3 Å². The lowest BCUT2D eigenvalue weighted by atomic mass is 10.1. The van der Waals surface area contributed by atoms with Gasteiger partial charge >= 0.3 is 6.01 Å². The molecule has 1 aliphatic heterocycles. The van der Waals surface area contributed by atoms with Crippen LogP contribution in [0.1, 0.15) is 17.9 Å². The Balaban J connectivity index is 1.35. The highest BCUT2D eigenvalue weighted by Gasteiger charge is 2.25. The molecule has 10 heteroatoms. The Morgan fingerprint density at radius 1 is 0.971 bits per heavy atom. The second-order valence-electron chi connectivity index (χ2n) is 8.33. The maximum absolute atomic E-state index is 13.2. The van der Waals surface area contributed by atoms with Crippen LogP contribution in [0.15, 0.2) is 65.1 Å². The van der Waals surface area contributed by atoms with Crippen molar-refractivity contribution < 1.29 is 18.0 Å². The van der Waals surface area contributed by atoms with Gasteiger partial charge in [0.25, 0.3) is 6.43 Å². The molecule has 1 aliphatic rings. The number of benzene rings is 2. The van der Waals surface area contributed by atoms with Gasteiger partial charge in [-0.25, -0.2) is 8.78 Å². The van der Waals surface area contributed by atoms with Crippen molar-refractivity contribution in [3.05, 3.63) is 72.1 Å². The van der Waals surface area contributed by atoms with Crippen molar-refractivity contribution >= 4 is 11.9 Å². The number of alkyl halides is 2. The quantitative estimate of drug-likeness (QED) is 0.413. The van der Waals surface area contributed by atoms with Gasteiger partial charge in [-0.15, -0.1) is 5.10 Å². The van der Waals surface area contributed by atoms with Gasteiger partial charge in [0.05, 0.1) is 11.4 Å². The summed E-state index contributed by atoms with van der Waals surface area (Å²) in [5, 5.41) is 12.6. The predicted octanol–water partition coefficient (Wildman–Crippen LogP) is 4.19. The molecule has 8 nitrogen and oxygen atoms in total. The van der Waals surface area contributed by atoms with Gasteiger partial charge < -0.3 is 14.2 Å². The molecule has 0 radical (unpaired) electrons. The van der Waals surface area contributed by atoms with Crippen LogP contribution in [0.4, 0.5) is 14.8 Å². The largest absolute Gasteiger partial charge is 0.408 e. The lowest BCUT2D eigenvalue weighted by Gasteiger charge is -2.33. The smallest absolute Gasteiger partial charge is 0.318 e. The minimum Gasteiger partial charge on any atom is -0.408 e. The second-order valence-corrected chi connectivity index (χ2v) is 8.33. The molecule has 1 amide bonds. The van der Waals surface area contributed by atoms with Gasteiger partial charge in [0.1, 0.15) is 6.54 Å². The van der Waals surface area contributed by atoms with E-state index in [1.165, 1.54) is 12.1 Å². The minimum absolute atomic E-state index is 0.0403. The van der Waals surface area contributed by atoms with E-state index in [-0.39, 0.29) is 18.0 Å². The van der Waals surface area contributed by atoms with Crippen LogP contribution in [0.2, 0.25) is 0 Å². The Morgan fingerprint density at radius 3 is 2.31 bits per heavy atom. The molecular formula is C25H24F2N6O2. The lowest BCUT2D eigenvalue weighted by Crippen LogP contribution is -2.49. The third-order valence-corrected chi connectivity index (χ3v) is 6.01. The van der Waals surface area contributed by atoms with Gasteiger partial charge in [0, 0.05) is 44.2 Å². The van der Waals surface area contributed by atoms with Crippen molar-refractivity contribution in [1.82, 2.24) is 24.9 Å². The number of hydrogen-bond acceptors (Lipinski definition) is 6. The number of anilines is 1. The molecule has 0 saturated carbocycles. The molecule has 0 unspecified atom stereocenters. The van der Waals surface area contributed by atoms with Gasteiger partial charge in [0.2, 0.25) is 11.8 Å². The van der Waals surface area contributed by atoms with E-state index >= 15 is 0 Å². The zero-order valence-electron chi connectivity index (χ0n) is 19.1. The summed E-state index contributed by atoms with van der Waals surface area (Å²) in [6.45, 7) is 4.07. The van der Waals surface area contributed by atoms with Crippen molar-refractivity contribution in [3.63, 3.8) is 0 Å². The molecule has 4 aromatic rings. The summed E-state index contributed by atoms with van der Waals surface area (Å²) >= 11 is 0. The molecule has 180 valence electrons. The highest BCUT2D eigenvalue weighted by molar-refractivity contribution is 5.78. The van der Waals surface area contributed by atoms with E-state index in [9.17, 15) is 13.6 Å². The molecule has 0 atom stereocenters. The molecule has 35 heavy (non-hydrogen) atoms. The molecule has 0 spiro atoms. The first-order valence-electron chi connectivity index (χ1n) is 11.3. The molecule has 3 heterocycles. The van der Waals surface area contributed by atoms with Crippen LogP contribution in [0.5, 0.6) is 0 Å². The van der Waals surface area contributed by atoms with Crippen LogP contribution in [0.3, 0.4) is 0 Å². The van der Waals surface area contributed by atoms with Crippen molar-refractivity contribution in [1.29, 1.82) is 0 Å². The minimum atomic E-state index is -2.52. The standard InChI is InChI=1S/C25H24F2N6O2/c1-17-28-29-25(35-17)32-13-11-31(12-14-32)23(34)16-33-22(19-5-3-2-4-6-19)15-21(30-33)18-7-9-20(10-8-18)24(26)27/h2-10,15,24H,11-14,16H2,1H3. The average Bonchev–Trinajstić information content (AvgIpc) is 3.51. The van der Waals surface area contributed by atoms with Crippen molar-refractivity contribution in [2.75, 3.05) is 31.1 Å². The number of piperazine rings is 1. The summed E-state index contributed by atoms with van der Waals surface area (Å²) in [6.07, 6.45) is -2.52. The molecule has 1 fully saturated rings. The van der Waals surface area contributed by atoms with Gasteiger partial charge in [-0.2, -0.15) is 5.10 Å². The molecule has 2 aromatic carbocycles. The van der Waals surface area contributed by atoms with Crippen LogP contribution >= 0.6 is 0 Å². The van der Waals surface area contributed by atoms with E-state index in [0.717, 1.165) is 11.3 Å². The van der Waals surface area contributed by atoms with Crippen LogP contribution < -0.4 is 4.90 Å². The Morgan fingerprint density at radius 2 is 1.69 bits per heavy atom. The van der Waals surface area contributed by atoms with Crippen LogP contribution in [0.25, 0.3) is 22.5 Å². The lowest BCUT2D eigenvalue weighted by molar-refractivity contribution is -0.132. The summed E-state index contributed by atoms with van der Waals surface area (Å²) < 4.78 is 33.1. The molecule has 5 rings (SSSR count). The highest BCUT2D eigenvalue weighted by Crippen LogP contribution is 2.28. The first kappa shape index (κ1) is 22.7. The summed E-state index contributed by atoms with van der Waals surface area (Å²) in [4.78, 5) is 16.9. The first-order valence-corrected chi connectivity index (χ1v) is 11.3. The van der Waals surface area contributed by atoms with Crippen molar-refractivity contribution in [3.8, 4) is 22.5 Å². The number of halogens is 2. The Labute approximate surface area is 200 Å². The predicted molar refractivity (Wildman–Crippen MR) is 126 cm³/mol.